The number of rotatable bonds is 4. The van der Waals surface area contributed by atoms with E-state index < -0.39 is 5.97 Å². The van der Waals surface area contributed by atoms with Crippen molar-refractivity contribution in [3.8, 4) is 0 Å². The molecule has 1 amide bonds. The second-order valence-electron chi connectivity index (χ2n) is 6.73. The van der Waals surface area contributed by atoms with Crippen LogP contribution in [0.5, 0.6) is 0 Å². The quantitative estimate of drug-likeness (QED) is 0.859. The van der Waals surface area contributed by atoms with Crippen LogP contribution < -0.4 is 0 Å². The number of likely N-dealkylation sites (tertiary alicyclic amines) is 2. The number of carbonyl (C=O) groups is 2. The number of piperidine rings is 1. The van der Waals surface area contributed by atoms with Crippen molar-refractivity contribution in [3.05, 3.63) is 0 Å². The number of carbonyl (C=O) groups excluding carboxylic acids is 1. The van der Waals surface area contributed by atoms with Gasteiger partial charge in [-0.1, -0.05) is 6.92 Å². The summed E-state index contributed by atoms with van der Waals surface area (Å²) in [5.74, 6) is 0.563. The van der Waals surface area contributed by atoms with Crippen LogP contribution in [-0.2, 0) is 9.59 Å². The second-order valence-corrected chi connectivity index (χ2v) is 6.73. The Hall–Kier alpha value is -1.10. The van der Waals surface area contributed by atoms with Crippen LogP contribution in [0.3, 0.4) is 0 Å². The maximum Gasteiger partial charge on any atom is 0.303 e. The van der Waals surface area contributed by atoms with Gasteiger partial charge in [-0.05, 0) is 57.0 Å². The molecule has 5 heteroatoms. The fraction of sp³-hybridized carbons (Fsp3) is 0.875. The van der Waals surface area contributed by atoms with Gasteiger partial charge in [0.15, 0.2) is 0 Å². The first-order valence-electron chi connectivity index (χ1n) is 8.26. The summed E-state index contributed by atoms with van der Waals surface area (Å²) in [6.07, 6.45) is 5.38. The average Bonchev–Trinajstić information content (AvgIpc) is 2.64. The van der Waals surface area contributed by atoms with Crippen LogP contribution in [0.4, 0.5) is 0 Å². The minimum atomic E-state index is -0.702. The molecule has 5 nitrogen and oxygen atoms in total. The van der Waals surface area contributed by atoms with Crippen LogP contribution in [0, 0.1) is 11.8 Å². The maximum absolute atomic E-state index is 12.3. The molecule has 1 atom stereocenters. The first kappa shape index (κ1) is 16.3. The van der Waals surface area contributed by atoms with Crippen LogP contribution in [0.2, 0.25) is 0 Å². The zero-order valence-electron chi connectivity index (χ0n) is 13.1. The lowest BCUT2D eigenvalue weighted by molar-refractivity contribution is -0.138. The molecule has 2 fully saturated rings. The second kappa shape index (κ2) is 7.78. The number of aliphatic carboxylic acids is 1. The van der Waals surface area contributed by atoms with Crippen LogP contribution in [0.25, 0.3) is 0 Å². The van der Waals surface area contributed by atoms with E-state index in [2.05, 4.69) is 11.8 Å². The Morgan fingerprint density at radius 2 is 1.76 bits per heavy atom. The van der Waals surface area contributed by atoms with Gasteiger partial charge in [0.05, 0.1) is 6.54 Å². The maximum atomic E-state index is 12.3. The van der Waals surface area contributed by atoms with Gasteiger partial charge in [-0.25, -0.2) is 0 Å². The summed E-state index contributed by atoms with van der Waals surface area (Å²) < 4.78 is 0. The predicted octanol–water partition coefficient (Wildman–Crippen LogP) is 1.82. The SMILES string of the molecule is CC1CCN(C(=O)CN2CCCC(CC(=O)O)CC2)CC1. The highest BCUT2D eigenvalue weighted by atomic mass is 16.4. The van der Waals surface area contributed by atoms with Crippen LogP contribution in [0.1, 0.15) is 45.4 Å². The van der Waals surface area contributed by atoms with E-state index in [4.69, 9.17) is 5.11 Å². The number of carboxylic acid groups (broad SMARTS) is 1. The fourth-order valence-corrected chi connectivity index (χ4v) is 3.38. The molecule has 0 aromatic rings. The molecule has 21 heavy (non-hydrogen) atoms. The van der Waals surface area contributed by atoms with Gasteiger partial charge in [0.2, 0.25) is 5.91 Å². The van der Waals surface area contributed by atoms with Crippen LogP contribution >= 0.6 is 0 Å². The summed E-state index contributed by atoms with van der Waals surface area (Å²) in [5.41, 5.74) is 0. The molecule has 0 bridgehead atoms. The molecule has 0 aromatic carbocycles. The lowest BCUT2D eigenvalue weighted by atomic mass is 9.97. The van der Waals surface area contributed by atoms with Gasteiger partial charge in [-0.15, -0.1) is 0 Å². The molecule has 2 rings (SSSR count). The molecule has 0 aromatic heterocycles. The Morgan fingerprint density at radius 1 is 1.05 bits per heavy atom. The van der Waals surface area contributed by atoms with Gasteiger partial charge < -0.3 is 10.0 Å². The Labute approximate surface area is 127 Å². The summed E-state index contributed by atoms with van der Waals surface area (Å²) in [5, 5.41) is 8.89. The Morgan fingerprint density at radius 3 is 2.43 bits per heavy atom. The summed E-state index contributed by atoms with van der Waals surface area (Å²) in [4.78, 5) is 27.3. The summed E-state index contributed by atoms with van der Waals surface area (Å²) in [7, 11) is 0. The van der Waals surface area contributed by atoms with Crippen molar-refractivity contribution in [1.82, 2.24) is 9.80 Å². The average molecular weight is 296 g/mol. The highest BCUT2D eigenvalue weighted by molar-refractivity contribution is 5.78. The van der Waals surface area contributed by atoms with Crippen molar-refractivity contribution >= 4 is 11.9 Å². The predicted molar refractivity (Wildman–Crippen MR) is 81.0 cm³/mol. The molecule has 2 heterocycles. The number of amides is 1. The van der Waals surface area contributed by atoms with E-state index in [-0.39, 0.29) is 18.2 Å². The molecule has 2 aliphatic rings. The molecule has 0 aliphatic carbocycles. The van der Waals surface area contributed by atoms with Crippen LogP contribution in [-0.4, -0.2) is 59.5 Å². The van der Waals surface area contributed by atoms with Crippen molar-refractivity contribution in [3.63, 3.8) is 0 Å². The van der Waals surface area contributed by atoms with Crippen molar-refractivity contribution in [2.75, 3.05) is 32.7 Å². The monoisotopic (exact) mass is 296 g/mol. The molecule has 0 spiro atoms. The lowest BCUT2D eigenvalue weighted by Gasteiger charge is -2.32. The van der Waals surface area contributed by atoms with Gasteiger partial charge in [0.25, 0.3) is 0 Å². The number of hydrogen-bond acceptors (Lipinski definition) is 3. The van der Waals surface area contributed by atoms with E-state index in [1.807, 2.05) is 4.90 Å². The van der Waals surface area contributed by atoms with Crippen molar-refractivity contribution in [2.45, 2.75) is 45.4 Å². The highest BCUT2D eigenvalue weighted by Crippen LogP contribution is 2.21. The molecular formula is C16H28N2O3. The van der Waals surface area contributed by atoms with Gasteiger partial charge >= 0.3 is 5.97 Å². The highest BCUT2D eigenvalue weighted by Gasteiger charge is 2.24. The first-order chi connectivity index (χ1) is 10.0. The third-order valence-corrected chi connectivity index (χ3v) is 4.90. The van der Waals surface area contributed by atoms with Gasteiger partial charge in [-0.3, -0.25) is 14.5 Å². The standard InChI is InChI=1S/C16H28N2O3/c1-13-4-9-18(10-5-13)15(19)12-17-7-2-3-14(6-8-17)11-16(20)21/h13-14H,2-12H2,1H3,(H,20,21). The topological polar surface area (TPSA) is 60.9 Å². The van der Waals surface area contributed by atoms with Gasteiger partial charge in [0.1, 0.15) is 0 Å². The molecule has 1 N–H and O–H groups in total. The van der Waals surface area contributed by atoms with E-state index in [0.717, 1.165) is 64.2 Å². The van der Waals surface area contributed by atoms with Crippen molar-refractivity contribution in [2.24, 2.45) is 11.8 Å². The number of hydrogen-bond donors (Lipinski definition) is 1. The summed E-state index contributed by atoms with van der Waals surface area (Å²) >= 11 is 0. The third kappa shape index (κ3) is 5.30. The van der Waals surface area contributed by atoms with Gasteiger partial charge in [-0.2, -0.15) is 0 Å². The molecule has 2 aliphatic heterocycles. The van der Waals surface area contributed by atoms with E-state index in [0.29, 0.717) is 6.54 Å². The number of nitrogens with zero attached hydrogens (tertiary/aromatic N) is 2. The molecule has 1 unspecified atom stereocenters. The zero-order valence-corrected chi connectivity index (χ0v) is 13.1. The molecule has 2 saturated heterocycles. The van der Waals surface area contributed by atoms with Gasteiger partial charge in [0, 0.05) is 19.5 Å². The molecule has 0 saturated carbocycles. The van der Waals surface area contributed by atoms with Crippen molar-refractivity contribution in [1.29, 1.82) is 0 Å². The fourth-order valence-electron chi connectivity index (χ4n) is 3.38. The largest absolute Gasteiger partial charge is 0.481 e. The Bertz CT molecular complexity index is 365. The summed E-state index contributed by atoms with van der Waals surface area (Å²) in [6.45, 7) is 6.33. The Balaban J connectivity index is 1.75. The van der Waals surface area contributed by atoms with E-state index in [1.165, 1.54) is 0 Å². The minimum absolute atomic E-state index is 0.249. The van der Waals surface area contributed by atoms with Crippen molar-refractivity contribution < 1.29 is 14.7 Å². The van der Waals surface area contributed by atoms with Crippen LogP contribution in [0.15, 0.2) is 0 Å². The first-order valence-corrected chi connectivity index (χ1v) is 8.26. The molecule has 120 valence electrons. The molecule has 0 radical (unpaired) electrons. The normalized spacial score (nSPS) is 25.6. The smallest absolute Gasteiger partial charge is 0.303 e. The number of carboxylic acids is 1. The van der Waals surface area contributed by atoms with E-state index in [9.17, 15) is 9.59 Å². The summed E-state index contributed by atoms with van der Waals surface area (Å²) in [6, 6.07) is 0. The zero-order chi connectivity index (χ0) is 15.2. The molecular weight excluding hydrogens is 268 g/mol. The Kier molecular flexibility index (Phi) is 6.03. The van der Waals surface area contributed by atoms with E-state index >= 15 is 0 Å². The third-order valence-electron chi connectivity index (χ3n) is 4.90. The minimum Gasteiger partial charge on any atom is -0.481 e. The van der Waals surface area contributed by atoms with E-state index in [1.54, 1.807) is 0 Å². The lowest BCUT2D eigenvalue weighted by Crippen LogP contribution is -2.44.